The zero-order chi connectivity index (χ0) is 20.3. The Balaban J connectivity index is 1.43. The SMILES string of the molecule is Cc1ccccc1OCCCO/N=C(/N)c1cccc(OCc2cccnc2)c1. The van der Waals surface area contributed by atoms with Crippen molar-refractivity contribution in [3.05, 3.63) is 89.7 Å². The lowest BCUT2D eigenvalue weighted by atomic mass is 10.2. The van der Waals surface area contributed by atoms with Crippen LogP contribution in [0.15, 0.2) is 78.2 Å². The van der Waals surface area contributed by atoms with Crippen molar-refractivity contribution >= 4 is 5.84 Å². The van der Waals surface area contributed by atoms with Crippen molar-refractivity contribution in [1.82, 2.24) is 4.98 Å². The minimum absolute atomic E-state index is 0.302. The number of rotatable bonds is 10. The van der Waals surface area contributed by atoms with Crippen LogP contribution < -0.4 is 15.2 Å². The zero-order valence-corrected chi connectivity index (χ0v) is 16.5. The summed E-state index contributed by atoms with van der Waals surface area (Å²) in [4.78, 5) is 9.40. The van der Waals surface area contributed by atoms with E-state index in [1.54, 1.807) is 12.4 Å². The number of hydrogen-bond acceptors (Lipinski definition) is 5. The van der Waals surface area contributed by atoms with Crippen LogP contribution in [0.1, 0.15) is 23.1 Å². The van der Waals surface area contributed by atoms with Gasteiger partial charge in [0, 0.05) is 29.9 Å². The number of nitrogens with zero attached hydrogens (tertiary/aromatic N) is 2. The highest BCUT2D eigenvalue weighted by Gasteiger charge is 2.03. The normalized spacial score (nSPS) is 11.1. The smallest absolute Gasteiger partial charge is 0.170 e. The molecule has 2 aromatic carbocycles. The lowest BCUT2D eigenvalue weighted by Gasteiger charge is -2.09. The van der Waals surface area contributed by atoms with E-state index in [1.165, 1.54) is 0 Å². The summed E-state index contributed by atoms with van der Waals surface area (Å²) in [5, 5.41) is 3.99. The summed E-state index contributed by atoms with van der Waals surface area (Å²) in [5.74, 6) is 1.89. The topological polar surface area (TPSA) is 79.0 Å². The molecule has 6 nitrogen and oxygen atoms in total. The van der Waals surface area contributed by atoms with E-state index in [9.17, 15) is 0 Å². The highest BCUT2D eigenvalue weighted by atomic mass is 16.6. The Morgan fingerprint density at radius 2 is 1.90 bits per heavy atom. The second kappa shape index (κ2) is 10.7. The van der Waals surface area contributed by atoms with Crippen molar-refractivity contribution in [2.75, 3.05) is 13.2 Å². The number of oxime groups is 1. The van der Waals surface area contributed by atoms with Gasteiger partial charge in [-0.1, -0.05) is 41.6 Å². The number of amidine groups is 1. The van der Waals surface area contributed by atoms with Crippen LogP contribution in [0, 0.1) is 6.92 Å². The third-order valence-corrected chi connectivity index (χ3v) is 4.15. The molecule has 6 heteroatoms. The molecular weight excluding hydrogens is 366 g/mol. The van der Waals surface area contributed by atoms with Crippen LogP contribution in [0.2, 0.25) is 0 Å². The molecule has 1 aromatic heterocycles. The van der Waals surface area contributed by atoms with E-state index in [0.29, 0.717) is 37.8 Å². The molecule has 0 bridgehead atoms. The number of hydrogen-bond donors (Lipinski definition) is 1. The van der Waals surface area contributed by atoms with Gasteiger partial charge in [-0.15, -0.1) is 0 Å². The molecule has 0 amide bonds. The van der Waals surface area contributed by atoms with Crippen molar-refractivity contribution in [3.8, 4) is 11.5 Å². The van der Waals surface area contributed by atoms with Crippen molar-refractivity contribution < 1.29 is 14.3 Å². The first-order valence-corrected chi connectivity index (χ1v) is 9.48. The van der Waals surface area contributed by atoms with Gasteiger partial charge in [-0.2, -0.15) is 0 Å². The van der Waals surface area contributed by atoms with E-state index in [2.05, 4.69) is 10.1 Å². The Kier molecular flexibility index (Phi) is 7.46. The maximum Gasteiger partial charge on any atom is 0.170 e. The van der Waals surface area contributed by atoms with Crippen molar-refractivity contribution in [3.63, 3.8) is 0 Å². The Bertz CT molecular complexity index is 929. The highest BCUT2D eigenvalue weighted by Crippen LogP contribution is 2.16. The van der Waals surface area contributed by atoms with Gasteiger partial charge in [0.15, 0.2) is 5.84 Å². The largest absolute Gasteiger partial charge is 0.493 e. The Labute approximate surface area is 170 Å². The summed E-state index contributed by atoms with van der Waals surface area (Å²) in [6, 6.07) is 19.2. The third kappa shape index (κ3) is 6.53. The fourth-order valence-corrected chi connectivity index (χ4v) is 2.59. The lowest BCUT2D eigenvalue weighted by molar-refractivity contribution is 0.127. The van der Waals surface area contributed by atoms with Crippen LogP contribution in [0.4, 0.5) is 0 Å². The molecule has 0 aliphatic heterocycles. The monoisotopic (exact) mass is 391 g/mol. The third-order valence-electron chi connectivity index (χ3n) is 4.15. The predicted octanol–water partition coefficient (Wildman–Crippen LogP) is 4.08. The summed E-state index contributed by atoms with van der Waals surface area (Å²) in [7, 11) is 0. The first-order valence-electron chi connectivity index (χ1n) is 9.48. The van der Waals surface area contributed by atoms with E-state index < -0.39 is 0 Å². The average molecular weight is 391 g/mol. The van der Waals surface area contributed by atoms with Crippen LogP contribution in [0.5, 0.6) is 11.5 Å². The Morgan fingerprint density at radius 1 is 1.00 bits per heavy atom. The van der Waals surface area contributed by atoms with Crippen LogP contribution >= 0.6 is 0 Å². The minimum atomic E-state index is 0.302. The van der Waals surface area contributed by atoms with Crippen molar-refractivity contribution in [2.45, 2.75) is 20.0 Å². The Morgan fingerprint density at radius 3 is 2.72 bits per heavy atom. The van der Waals surface area contributed by atoms with Crippen LogP contribution in [-0.4, -0.2) is 24.0 Å². The molecule has 0 aliphatic rings. The molecule has 150 valence electrons. The number of para-hydroxylation sites is 1. The first kappa shape index (κ1) is 20.2. The number of aryl methyl sites for hydroxylation is 1. The molecule has 1 heterocycles. The average Bonchev–Trinajstić information content (AvgIpc) is 2.76. The number of benzene rings is 2. The summed E-state index contributed by atoms with van der Waals surface area (Å²) >= 11 is 0. The van der Waals surface area contributed by atoms with E-state index >= 15 is 0 Å². The van der Waals surface area contributed by atoms with Crippen molar-refractivity contribution in [2.24, 2.45) is 10.9 Å². The molecule has 3 rings (SSSR count). The van der Waals surface area contributed by atoms with Crippen LogP contribution in [0.3, 0.4) is 0 Å². The second-order valence-corrected chi connectivity index (χ2v) is 6.46. The molecule has 29 heavy (non-hydrogen) atoms. The first-order chi connectivity index (χ1) is 14.2. The zero-order valence-electron chi connectivity index (χ0n) is 16.5. The molecule has 0 atom stereocenters. The molecular formula is C23H25N3O3. The summed E-state index contributed by atoms with van der Waals surface area (Å²) in [6.07, 6.45) is 4.21. The molecule has 0 radical (unpaired) electrons. The molecule has 0 spiro atoms. The number of aromatic nitrogens is 1. The van der Waals surface area contributed by atoms with Crippen LogP contribution in [-0.2, 0) is 11.4 Å². The van der Waals surface area contributed by atoms with Gasteiger partial charge in [-0.3, -0.25) is 4.98 Å². The standard InChI is InChI=1S/C23H25N3O3/c1-18-7-2-3-11-22(18)27-13-6-14-29-26-23(24)20-9-4-10-21(15-20)28-17-19-8-5-12-25-16-19/h2-5,7-12,15-16H,6,13-14,17H2,1H3,(H2,24,26). The highest BCUT2D eigenvalue weighted by molar-refractivity contribution is 5.97. The summed E-state index contributed by atoms with van der Waals surface area (Å²) in [6.45, 7) is 3.43. The van der Waals surface area contributed by atoms with Gasteiger partial charge < -0.3 is 20.0 Å². The van der Waals surface area contributed by atoms with Gasteiger partial charge in [0.05, 0.1) is 6.61 Å². The maximum atomic E-state index is 6.03. The van der Waals surface area contributed by atoms with Gasteiger partial charge in [-0.25, -0.2) is 0 Å². The van der Waals surface area contributed by atoms with Gasteiger partial charge in [0.1, 0.15) is 24.7 Å². The molecule has 0 aliphatic carbocycles. The molecule has 2 N–H and O–H groups in total. The second-order valence-electron chi connectivity index (χ2n) is 6.46. The number of nitrogens with two attached hydrogens (primary N) is 1. The van der Waals surface area contributed by atoms with Gasteiger partial charge >= 0.3 is 0 Å². The fourth-order valence-electron chi connectivity index (χ4n) is 2.59. The molecule has 0 saturated carbocycles. The van der Waals surface area contributed by atoms with Gasteiger partial charge in [0.25, 0.3) is 0 Å². The summed E-state index contributed by atoms with van der Waals surface area (Å²) in [5.41, 5.74) is 8.87. The maximum absolute atomic E-state index is 6.03. The molecule has 0 saturated heterocycles. The van der Waals surface area contributed by atoms with Crippen molar-refractivity contribution in [1.29, 1.82) is 0 Å². The van der Waals surface area contributed by atoms with E-state index in [1.807, 2.05) is 67.6 Å². The number of pyridine rings is 1. The predicted molar refractivity (Wildman–Crippen MR) is 113 cm³/mol. The van der Waals surface area contributed by atoms with Gasteiger partial charge in [0.2, 0.25) is 0 Å². The van der Waals surface area contributed by atoms with E-state index in [-0.39, 0.29) is 0 Å². The fraction of sp³-hybridized carbons (Fsp3) is 0.217. The molecule has 3 aromatic rings. The van der Waals surface area contributed by atoms with Gasteiger partial charge in [-0.05, 0) is 36.8 Å². The molecule has 0 unspecified atom stereocenters. The lowest BCUT2D eigenvalue weighted by Crippen LogP contribution is -2.14. The molecule has 0 fully saturated rings. The summed E-state index contributed by atoms with van der Waals surface area (Å²) < 4.78 is 11.5. The van der Waals surface area contributed by atoms with E-state index in [4.69, 9.17) is 20.0 Å². The number of ether oxygens (including phenoxy) is 2. The Hall–Kier alpha value is -3.54. The van der Waals surface area contributed by atoms with E-state index in [0.717, 1.165) is 22.4 Å². The minimum Gasteiger partial charge on any atom is -0.493 e. The van der Waals surface area contributed by atoms with Crippen LogP contribution in [0.25, 0.3) is 0 Å². The quantitative estimate of drug-likeness (QED) is 0.244.